The van der Waals surface area contributed by atoms with E-state index in [-0.39, 0.29) is 23.8 Å². The van der Waals surface area contributed by atoms with Gasteiger partial charge < -0.3 is 14.3 Å². The van der Waals surface area contributed by atoms with Crippen molar-refractivity contribution in [3.8, 4) is 11.5 Å². The number of nitrogens with zero attached hydrogens (tertiary/aromatic N) is 5. The van der Waals surface area contributed by atoms with E-state index in [1.54, 1.807) is 40.3 Å². The summed E-state index contributed by atoms with van der Waals surface area (Å²) in [6, 6.07) is 11.4. The van der Waals surface area contributed by atoms with Crippen LogP contribution in [0.5, 0.6) is 0 Å². The Bertz CT molecular complexity index is 1060. The van der Waals surface area contributed by atoms with Gasteiger partial charge in [-0.1, -0.05) is 23.4 Å². The minimum atomic E-state index is -0.533. The first kappa shape index (κ1) is 20.6. The Morgan fingerprint density at radius 2 is 1.77 bits per heavy atom. The molecule has 31 heavy (non-hydrogen) atoms. The maximum absolute atomic E-state index is 13.9. The molecule has 0 radical (unpaired) electrons. The fraction of sp³-hybridized carbons (Fsp3) is 0.318. The number of halogens is 1. The summed E-state index contributed by atoms with van der Waals surface area (Å²) < 4.78 is 19.2. The van der Waals surface area contributed by atoms with Gasteiger partial charge in [0.05, 0.1) is 5.56 Å². The van der Waals surface area contributed by atoms with Gasteiger partial charge in [-0.3, -0.25) is 14.6 Å². The summed E-state index contributed by atoms with van der Waals surface area (Å²) in [5, 5.41) is 3.91. The van der Waals surface area contributed by atoms with Crippen LogP contribution in [0.4, 0.5) is 4.39 Å². The molecule has 1 fully saturated rings. The van der Waals surface area contributed by atoms with Crippen LogP contribution in [-0.4, -0.2) is 62.9 Å². The Balaban J connectivity index is 1.30. The van der Waals surface area contributed by atoms with Gasteiger partial charge in [-0.2, -0.15) is 4.98 Å². The molecule has 1 aromatic carbocycles. The lowest BCUT2D eigenvalue weighted by Gasteiger charge is -2.22. The molecule has 3 heterocycles. The van der Waals surface area contributed by atoms with Crippen molar-refractivity contribution in [3.63, 3.8) is 0 Å². The molecule has 1 aliphatic rings. The molecule has 0 unspecified atom stereocenters. The molecular formula is C22H22FN5O3. The van der Waals surface area contributed by atoms with E-state index in [1.165, 1.54) is 12.1 Å². The molecule has 2 aromatic heterocycles. The van der Waals surface area contributed by atoms with Crippen LogP contribution < -0.4 is 0 Å². The van der Waals surface area contributed by atoms with Crippen molar-refractivity contribution in [1.82, 2.24) is 24.9 Å². The van der Waals surface area contributed by atoms with Gasteiger partial charge in [-0.25, -0.2) is 4.39 Å². The molecule has 0 N–H and O–H groups in total. The summed E-state index contributed by atoms with van der Waals surface area (Å²) >= 11 is 0. The Kier molecular flexibility index (Phi) is 6.30. The zero-order chi connectivity index (χ0) is 21.6. The predicted molar refractivity (Wildman–Crippen MR) is 109 cm³/mol. The Morgan fingerprint density at radius 1 is 1.00 bits per heavy atom. The van der Waals surface area contributed by atoms with Gasteiger partial charge in [0.15, 0.2) is 0 Å². The highest BCUT2D eigenvalue weighted by molar-refractivity contribution is 5.94. The monoisotopic (exact) mass is 423 g/mol. The fourth-order valence-electron chi connectivity index (χ4n) is 3.50. The second-order valence-corrected chi connectivity index (χ2v) is 7.23. The molecule has 0 aliphatic carbocycles. The molecule has 0 spiro atoms. The molecule has 0 bridgehead atoms. The van der Waals surface area contributed by atoms with Crippen molar-refractivity contribution in [3.05, 3.63) is 65.9 Å². The number of aryl methyl sites for hydroxylation is 1. The Hall–Kier alpha value is -3.62. The third-order valence-corrected chi connectivity index (χ3v) is 5.15. The van der Waals surface area contributed by atoms with Crippen molar-refractivity contribution in [2.75, 3.05) is 26.2 Å². The van der Waals surface area contributed by atoms with E-state index in [1.807, 2.05) is 6.07 Å². The summed E-state index contributed by atoms with van der Waals surface area (Å²) in [6.07, 6.45) is 2.84. The molecule has 8 nitrogen and oxygen atoms in total. The van der Waals surface area contributed by atoms with Crippen molar-refractivity contribution >= 4 is 11.8 Å². The normalized spacial score (nSPS) is 14.4. The van der Waals surface area contributed by atoms with Gasteiger partial charge >= 0.3 is 0 Å². The van der Waals surface area contributed by atoms with Crippen molar-refractivity contribution in [2.45, 2.75) is 19.3 Å². The molecule has 3 aromatic rings. The minimum Gasteiger partial charge on any atom is -0.341 e. The number of rotatable bonds is 5. The van der Waals surface area contributed by atoms with Gasteiger partial charge in [0.1, 0.15) is 11.5 Å². The second kappa shape index (κ2) is 9.46. The first-order chi connectivity index (χ1) is 15.1. The van der Waals surface area contributed by atoms with Crippen LogP contribution in [0.2, 0.25) is 0 Å². The third-order valence-electron chi connectivity index (χ3n) is 5.15. The third kappa shape index (κ3) is 4.93. The molecule has 1 aliphatic heterocycles. The number of amides is 2. The van der Waals surface area contributed by atoms with E-state index in [2.05, 4.69) is 15.1 Å². The topological polar surface area (TPSA) is 92.4 Å². The number of hydrogen-bond donors (Lipinski definition) is 0. The summed E-state index contributed by atoms with van der Waals surface area (Å²) in [4.78, 5) is 37.1. The second-order valence-electron chi connectivity index (χ2n) is 7.23. The summed E-state index contributed by atoms with van der Waals surface area (Å²) in [5.41, 5.74) is 0.665. The van der Waals surface area contributed by atoms with Crippen LogP contribution in [0, 0.1) is 5.82 Å². The number of aromatic nitrogens is 3. The molecule has 1 saturated heterocycles. The van der Waals surface area contributed by atoms with E-state index < -0.39 is 5.82 Å². The number of benzene rings is 1. The van der Waals surface area contributed by atoms with E-state index in [0.29, 0.717) is 56.4 Å². The van der Waals surface area contributed by atoms with Crippen molar-refractivity contribution in [1.29, 1.82) is 0 Å². The standard InChI is InChI=1S/C22H22FN5O3/c23-17-7-2-1-6-16(17)22(30)28-13-5-12-27(14-15-28)20(29)10-9-19-25-21(26-31-19)18-8-3-4-11-24-18/h1-4,6-8,11H,5,9-10,12-15H2. The molecule has 0 atom stereocenters. The first-order valence-corrected chi connectivity index (χ1v) is 10.2. The molecule has 2 amide bonds. The summed E-state index contributed by atoms with van der Waals surface area (Å²) in [6.45, 7) is 1.79. The average molecular weight is 423 g/mol. The predicted octanol–water partition coefficient (Wildman–Crippen LogP) is 2.58. The average Bonchev–Trinajstić information content (AvgIpc) is 3.14. The molecule has 160 valence electrons. The van der Waals surface area contributed by atoms with E-state index >= 15 is 0 Å². The Morgan fingerprint density at radius 3 is 2.58 bits per heavy atom. The van der Waals surface area contributed by atoms with E-state index in [4.69, 9.17) is 4.52 Å². The van der Waals surface area contributed by atoms with Crippen LogP contribution in [0.25, 0.3) is 11.5 Å². The van der Waals surface area contributed by atoms with Crippen LogP contribution in [0.15, 0.2) is 53.2 Å². The van der Waals surface area contributed by atoms with Crippen LogP contribution in [0.1, 0.15) is 29.1 Å². The van der Waals surface area contributed by atoms with E-state index in [0.717, 1.165) is 0 Å². The highest BCUT2D eigenvalue weighted by Gasteiger charge is 2.24. The molecule has 9 heteroatoms. The van der Waals surface area contributed by atoms with Crippen LogP contribution in [0.3, 0.4) is 0 Å². The molecular weight excluding hydrogens is 401 g/mol. The minimum absolute atomic E-state index is 0.0437. The van der Waals surface area contributed by atoms with Gasteiger partial charge in [0, 0.05) is 45.2 Å². The lowest BCUT2D eigenvalue weighted by Crippen LogP contribution is -2.37. The lowest BCUT2D eigenvalue weighted by molar-refractivity contribution is -0.131. The number of carbonyl (C=O) groups is 2. The summed E-state index contributed by atoms with van der Waals surface area (Å²) in [5.74, 6) is -0.160. The molecule has 0 saturated carbocycles. The maximum Gasteiger partial charge on any atom is 0.256 e. The first-order valence-electron chi connectivity index (χ1n) is 10.2. The van der Waals surface area contributed by atoms with Crippen molar-refractivity contribution in [2.24, 2.45) is 0 Å². The largest absolute Gasteiger partial charge is 0.341 e. The molecule has 4 rings (SSSR count). The zero-order valence-electron chi connectivity index (χ0n) is 16.9. The highest BCUT2D eigenvalue weighted by atomic mass is 19.1. The number of carbonyl (C=O) groups excluding carboxylic acids is 2. The summed E-state index contributed by atoms with van der Waals surface area (Å²) in [7, 11) is 0. The Labute approximate surface area is 178 Å². The fourth-order valence-corrected chi connectivity index (χ4v) is 3.50. The number of pyridine rings is 1. The van der Waals surface area contributed by atoms with Crippen LogP contribution >= 0.6 is 0 Å². The maximum atomic E-state index is 13.9. The lowest BCUT2D eigenvalue weighted by atomic mass is 10.2. The van der Waals surface area contributed by atoms with Gasteiger partial charge in [-0.05, 0) is 30.7 Å². The van der Waals surface area contributed by atoms with Crippen LogP contribution in [-0.2, 0) is 11.2 Å². The smallest absolute Gasteiger partial charge is 0.256 e. The quantitative estimate of drug-likeness (QED) is 0.626. The zero-order valence-corrected chi connectivity index (χ0v) is 16.9. The van der Waals surface area contributed by atoms with Gasteiger partial charge in [-0.15, -0.1) is 0 Å². The van der Waals surface area contributed by atoms with E-state index in [9.17, 15) is 14.0 Å². The SMILES string of the molecule is O=C(CCc1nc(-c2ccccn2)no1)N1CCCN(C(=O)c2ccccc2F)CC1. The van der Waals surface area contributed by atoms with Crippen molar-refractivity contribution < 1.29 is 18.5 Å². The van der Waals surface area contributed by atoms with Gasteiger partial charge in [0.25, 0.3) is 5.91 Å². The highest BCUT2D eigenvalue weighted by Crippen LogP contribution is 2.15. The number of hydrogen-bond acceptors (Lipinski definition) is 6. The van der Waals surface area contributed by atoms with Gasteiger partial charge in [0.2, 0.25) is 17.6 Å².